The lowest BCUT2D eigenvalue weighted by Gasteiger charge is -2.26. The zero-order valence-electron chi connectivity index (χ0n) is 11.5. The van der Waals surface area contributed by atoms with Gasteiger partial charge in [-0.1, -0.05) is 12.8 Å². The fraction of sp³-hybridized carbons (Fsp3) is 0.923. The van der Waals surface area contributed by atoms with Crippen LogP contribution in [-0.4, -0.2) is 50.5 Å². The summed E-state index contributed by atoms with van der Waals surface area (Å²) in [6.45, 7) is 3.66. The van der Waals surface area contributed by atoms with Crippen molar-refractivity contribution in [3.63, 3.8) is 0 Å². The number of rotatable bonds is 8. The maximum absolute atomic E-state index is 11.6. The molecule has 1 fully saturated rings. The van der Waals surface area contributed by atoms with Crippen LogP contribution in [0.25, 0.3) is 0 Å². The minimum atomic E-state index is -0.0226. The van der Waals surface area contributed by atoms with E-state index in [1.54, 1.807) is 7.11 Å². The first-order valence-electron chi connectivity index (χ1n) is 6.72. The Morgan fingerprint density at radius 2 is 2.11 bits per heavy atom. The molecule has 0 saturated heterocycles. The highest BCUT2D eigenvalue weighted by Gasteiger charge is 2.32. The molecule has 1 unspecified atom stereocenters. The first-order chi connectivity index (χ1) is 8.62. The second kappa shape index (κ2) is 7.71. The Morgan fingerprint density at radius 3 is 2.67 bits per heavy atom. The molecule has 1 saturated carbocycles. The monoisotopic (exact) mass is 258 g/mol. The van der Waals surface area contributed by atoms with Crippen LogP contribution in [-0.2, 0) is 9.53 Å². The number of ether oxygens (including phenoxy) is 1. The van der Waals surface area contributed by atoms with E-state index in [-0.39, 0.29) is 24.0 Å². The van der Waals surface area contributed by atoms with Crippen LogP contribution in [0.2, 0.25) is 0 Å². The van der Waals surface area contributed by atoms with Gasteiger partial charge in [-0.05, 0) is 19.8 Å². The maximum Gasteiger partial charge on any atom is 0.234 e. The largest absolute Gasteiger partial charge is 0.396 e. The third-order valence-electron chi connectivity index (χ3n) is 3.61. The van der Waals surface area contributed by atoms with Crippen molar-refractivity contribution in [2.45, 2.75) is 38.6 Å². The molecule has 0 radical (unpaired) electrons. The average Bonchev–Trinajstić information content (AvgIpc) is 2.78. The highest BCUT2D eigenvalue weighted by Crippen LogP contribution is 2.36. The molecular weight excluding hydrogens is 232 g/mol. The second-order valence-electron chi connectivity index (χ2n) is 5.39. The molecule has 1 aliphatic rings. The number of methoxy groups -OCH3 is 1. The van der Waals surface area contributed by atoms with E-state index in [0.717, 1.165) is 19.4 Å². The maximum atomic E-state index is 11.6. The topological polar surface area (TPSA) is 70.6 Å². The van der Waals surface area contributed by atoms with Crippen LogP contribution in [0.15, 0.2) is 0 Å². The summed E-state index contributed by atoms with van der Waals surface area (Å²) in [5, 5.41) is 15.4. The number of aliphatic hydroxyl groups is 1. The summed E-state index contributed by atoms with van der Waals surface area (Å²) in [6, 6.07) is 0.0302. The van der Waals surface area contributed by atoms with Crippen molar-refractivity contribution < 1.29 is 14.6 Å². The minimum absolute atomic E-state index is 0.00156. The van der Waals surface area contributed by atoms with Gasteiger partial charge >= 0.3 is 0 Å². The van der Waals surface area contributed by atoms with E-state index in [2.05, 4.69) is 10.6 Å². The molecule has 3 N–H and O–H groups in total. The first kappa shape index (κ1) is 15.4. The predicted octanol–water partition coefficient (Wildman–Crippen LogP) is 0.280. The number of carbonyl (C=O) groups excluding carboxylic acids is 1. The van der Waals surface area contributed by atoms with Gasteiger partial charge in [0.25, 0.3) is 0 Å². The van der Waals surface area contributed by atoms with Crippen LogP contribution >= 0.6 is 0 Å². The van der Waals surface area contributed by atoms with Crippen molar-refractivity contribution in [2.75, 3.05) is 33.4 Å². The van der Waals surface area contributed by atoms with Gasteiger partial charge in [0.15, 0.2) is 0 Å². The zero-order valence-corrected chi connectivity index (χ0v) is 11.5. The fourth-order valence-corrected chi connectivity index (χ4v) is 2.57. The van der Waals surface area contributed by atoms with E-state index < -0.39 is 0 Å². The smallest absolute Gasteiger partial charge is 0.234 e. The van der Waals surface area contributed by atoms with Crippen molar-refractivity contribution in [1.29, 1.82) is 0 Å². The van der Waals surface area contributed by atoms with E-state index in [0.29, 0.717) is 13.2 Å². The van der Waals surface area contributed by atoms with Crippen molar-refractivity contribution in [3.8, 4) is 0 Å². The zero-order chi connectivity index (χ0) is 13.4. The van der Waals surface area contributed by atoms with Gasteiger partial charge in [0, 0.05) is 31.7 Å². The Morgan fingerprint density at radius 1 is 1.44 bits per heavy atom. The van der Waals surface area contributed by atoms with E-state index in [9.17, 15) is 9.90 Å². The van der Waals surface area contributed by atoms with Crippen molar-refractivity contribution in [1.82, 2.24) is 10.6 Å². The van der Waals surface area contributed by atoms with Crippen LogP contribution in [0.3, 0.4) is 0 Å². The van der Waals surface area contributed by atoms with E-state index in [1.807, 2.05) is 6.92 Å². The normalized spacial score (nSPS) is 19.7. The Kier molecular flexibility index (Phi) is 6.60. The molecule has 0 aromatic rings. The summed E-state index contributed by atoms with van der Waals surface area (Å²) in [7, 11) is 1.62. The van der Waals surface area contributed by atoms with Crippen molar-refractivity contribution in [2.24, 2.45) is 5.41 Å². The number of aliphatic hydroxyl groups excluding tert-OH is 1. The van der Waals surface area contributed by atoms with E-state index >= 15 is 0 Å². The van der Waals surface area contributed by atoms with Crippen LogP contribution in [0, 0.1) is 5.41 Å². The highest BCUT2D eigenvalue weighted by atomic mass is 16.5. The molecule has 1 aliphatic carbocycles. The molecule has 1 amide bonds. The lowest BCUT2D eigenvalue weighted by Crippen LogP contribution is -2.44. The second-order valence-corrected chi connectivity index (χ2v) is 5.39. The molecule has 1 atom stereocenters. The summed E-state index contributed by atoms with van der Waals surface area (Å²) in [5.74, 6) is -0.0226. The van der Waals surface area contributed by atoms with Crippen LogP contribution < -0.4 is 10.6 Å². The number of hydrogen-bond acceptors (Lipinski definition) is 4. The van der Waals surface area contributed by atoms with Crippen molar-refractivity contribution in [3.05, 3.63) is 0 Å². The summed E-state index contributed by atoms with van der Waals surface area (Å²) in [6.07, 6.45) is 4.47. The minimum Gasteiger partial charge on any atom is -0.396 e. The average molecular weight is 258 g/mol. The summed E-state index contributed by atoms with van der Waals surface area (Å²) in [4.78, 5) is 11.6. The van der Waals surface area contributed by atoms with Crippen LogP contribution in [0.4, 0.5) is 0 Å². The highest BCUT2D eigenvalue weighted by molar-refractivity contribution is 5.78. The van der Waals surface area contributed by atoms with Gasteiger partial charge in [0.05, 0.1) is 13.2 Å². The van der Waals surface area contributed by atoms with Gasteiger partial charge < -0.3 is 20.5 Å². The first-order valence-corrected chi connectivity index (χ1v) is 6.72. The molecule has 0 aromatic carbocycles. The van der Waals surface area contributed by atoms with Crippen molar-refractivity contribution >= 4 is 5.91 Å². The molecule has 5 heteroatoms. The van der Waals surface area contributed by atoms with Gasteiger partial charge in [-0.2, -0.15) is 0 Å². The molecule has 0 spiro atoms. The molecule has 0 aliphatic heterocycles. The van der Waals surface area contributed by atoms with Gasteiger partial charge in [-0.25, -0.2) is 0 Å². The predicted molar refractivity (Wildman–Crippen MR) is 70.3 cm³/mol. The van der Waals surface area contributed by atoms with Gasteiger partial charge in [-0.15, -0.1) is 0 Å². The molecule has 1 rings (SSSR count). The number of hydrogen-bond donors (Lipinski definition) is 3. The molecular formula is C13H26N2O3. The summed E-state index contributed by atoms with van der Waals surface area (Å²) >= 11 is 0. The van der Waals surface area contributed by atoms with Crippen LogP contribution in [0.1, 0.15) is 32.6 Å². The molecule has 0 bridgehead atoms. The van der Waals surface area contributed by atoms with Gasteiger partial charge in [0.2, 0.25) is 5.91 Å². The molecule has 18 heavy (non-hydrogen) atoms. The van der Waals surface area contributed by atoms with Gasteiger partial charge in [-0.3, -0.25) is 4.79 Å². The fourth-order valence-electron chi connectivity index (χ4n) is 2.57. The Labute approximate surface area is 109 Å². The lowest BCUT2D eigenvalue weighted by molar-refractivity contribution is -0.121. The summed E-state index contributed by atoms with van der Waals surface area (Å²) in [5.41, 5.74) is -0.00156. The van der Waals surface area contributed by atoms with Gasteiger partial charge in [0.1, 0.15) is 0 Å². The van der Waals surface area contributed by atoms with Crippen LogP contribution in [0.5, 0.6) is 0 Å². The Hall–Kier alpha value is -0.650. The third-order valence-corrected chi connectivity index (χ3v) is 3.61. The third kappa shape index (κ3) is 4.92. The van der Waals surface area contributed by atoms with E-state index in [4.69, 9.17) is 4.74 Å². The quantitative estimate of drug-likeness (QED) is 0.585. The molecule has 0 heterocycles. The summed E-state index contributed by atoms with van der Waals surface area (Å²) < 4.78 is 4.96. The Balaban J connectivity index is 2.18. The number of carbonyl (C=O) groups is 1. The standard InChI is InChI=1S/C13H26N2O3/c1-11(8-18-2)15-12(17)7-14-9-13(10-16)5-3-4-6-13/h11,14,16H,3-10H2,1-2H3,(H,15,17). The molecule has 0 aromatic heterocycles. The Bertz CT molecular complexity index is 253. The number of nitrogens with one attached hydrogen (secondary N) is 2. The molecule has 5 nitrogen and oxygen atoms in total. The lowest BCUT2D eigenvalue weighted by atomic mass is 9.87. The SMILES string of the molecule is COCC(C)NC(=O)CNCC1(CO)CCCC1. The number of amides is 1. The van der Waals surface area contributed by atoms with E-state index in [1.165, 1.54) is 12.8 Å². The molecule has 106 valence electrons.